The summed E-state index contributed by atoms with van der Waals surface area (Å²) in [5, 5.41) is 0. The fraction of sp³-hybridized carbons (Fsp3) is 0. The summed E-state index contributed by atoms with van der Waals surface area (Å²) in [7, 11) is 0. The SMILES string of the molecule is [2H]NC(=O)c1ccccc1. The molecule has 0 bridgehead atoms. The van der Waals surface area contributed by atoms with Crippen LogP contribution in [0.1, 0.15) is 10.4 Å². The van der Waals surface area contributed by atoms with E-state index in [0.717, 1.165) is 0 Å². The van der Waals surface area contributed by atoms with Crippen LogP contribution >= 0.6 is 0 Å². The monoisotopic (exact) mass is 122 g/mol. The quantitative estimate of drug-likeness (QED) is 0.587. The number of hydrogen-bond donors (Lipinski definition) is 1. The first-order valence-electron chi connectivity index (χ1n) is 3.11. The highest BCUT2D eigenvalue weighted by atomic mass is 16.1. The van der Waals surface area contributed by atoms with E-state index in [1.165, 1.54) is 0 Å². The van der Waals surface area contributed by atoms with E-state index in [1.807, 2.05) is 6.07 Å². The average molecular weight is 122 g/mol. The van der Waals surface area contributed by atoms with Gasteiger partial charge in [0.05, 0.1) is 0 Å². The van der Waals surface area contributed by atoms with Gasteiger partial charge in [-0.3, -0.25) is 4.79 Å². The van der Waals surface area contributed by atoms with Crippen LogP contribution in [0.4, 0.5) is 0 Å². The normalized spacial score (nSPS) is 10.0. The van der Waals surface area contributed by atoms with Crippen molar-refractivity contribution in [1.29, 1.82) is 0 Å². The van der Waals surface area contributed by atoms with E-state index in [4.69, 9.17) is 1.41 Å². The van der Waals surface area contributed by atoms with Gasteiger partial charge in [0.15, 0.2) is 1.41 Å². The molecule has 0 aliphatic rings. The van der Waals surface area contributed by atoms with Gasteiger partial charge < -0.3 is 5.73 Å². The third-order valence-electron chi connectivity index (χ3n) is 1.04. The lowest BCUT2D eigenvalue weighted by molar-refractivity contribution is 0.100. The standard InChI is InChI=1S/C7H7NO/c8-7(9)6-4-2-1-3-5-6/h1-5H,(H2,8,9)/i/hD. The molecule has 0 saturated heterocycles. The molecule has 0 aromatic heterocycles. The molecule has 0 atom stereocenters. The number of carbonyl (C=O) groups is 1. The van der Waals surface area contributed by atoms with Crippen LogP contribution in [0.3, 0.4) is 0 Å². The van der Waals surface area contributed by atoms with E-state index in [2.05, 4.69) is 0 Å². The van der Waals surface area contributed by atoms with Gasteiger partial charge in [0.2, 0.25) is 5.91 Å². The second kappa shape index (κ2) is 2.31. The second-order valence-corrected chi connectivity index (χ2v) is 1.70. The molecular formula is C7H7NO. The number of rotatable bonds is 1. The average Bonchev–Trinajstić information content (AvgIpc) is 2.05. The van der Waals surface area contributed by atoms with Crippen molar-refractivity contribution in [2.45, 2.75) is 0 Å². The highest BCUT2D eigenvalue weighted by Crippen LogP contribution is 1.94. The Morgan fingerprint density at radius 2 is 2.11 bits per heavy atom. The maximum atomic E-state index is 10.7. The molecule has 0 unspecified atom stereocenters. The summed E-state index contributed by atoms with van der Waals surface area (Å²) in [6, 6.07) is 8.64. The van der Waals surface area contributed by atoms with Gasteiger partial charge in [-0.05, 0) is 12.1 Å². The van der Waals surface area contributed by atoms with Crippen molar-refractivity contribution >= 4 is 5.91 Å². The zero-order valence-corrected chi connectivity index (χ0v) is 4.79. The van der Waals surface area contributed by atoms with Crippen molar-refractivity contribution in [3.05, 3.63) is 35.9 Å². The lowest BCUT2D eigenvalue weighted by atomic mass is 10.2. The Hall–Kier alpha value is -1.31. The van der Waals surface area contributed by atoms with Crippen molar-refractivity contribution < 1.29 is 6.21 Å². The van der Waals surface area contributed by atoms with Crippen LogP contribution in [0.5, 0.6) is 0 Å². The summed E-state index contributed by atoms with van der Waals surface area (Å²) >= 11 is 0. The molecule has 2 nitrogen and oxygen atoms in total. The number of hydrogen-bond acceptors (Lipinski definition) is 1. The van der Waals surface area contributed by atoms with Gasteiger partial charge in [0, 0.05) is 5.56 Å². The van der Waals surface area contributed by atoms with Gasteiger partial charge >= 0.3 is 0 Å². The van der Waals surface area contributed by atoms with Crippen molar-refractivity contribution in [2.75, 3.05) is 0 Å². The Morgan fingerprint density at radius 1 is 1.44 bits per heavy atom. The minimum absolute atomic E-state index is 0.374. The Bertz CT molecular complexity index is 222. The molecule has 9 heavy (non-hydrogen) atoms. The van der Waals surface area contributed by atoms with E-state index in [0.29, 0.717) is 5.56 Å². The molecular weight excluding hydrogens is 114 g/mol. The number of benzene rings is 1. The second-order valence-electron chi connectivity index (χ2n) is 1.70. The predicted octanol–water partition coefficient (Wildman–Crippen LogP) is 0.786. The molecule has 1 rings (SSSR count). The summed E-state index contributed by atoms with van der Waals surface area (Å²) in [6.45, 7) is 0. The molecule has 1 aromatic carbocycles. The van der Waals surface area contributed by atoms with Gasteiger partial charge in [-0.2, -0.15) is 0 Å². The van der Waals surface area contributed by atoms with E-state index < -0.39 is 0 Å². The maximum absolute atomic E-state index is 10.7. The van der Waals surface area contributed by atoms with Gasteiger partial charge in [-0.25, -0.2) is 0 Å². The number of nitrogens with two attached hydrogens (primary N) is 1. The summed E-state index contributed by atoms with van der Waals surface area (Å²) in [4.78, 5) is 10.7. The first-order valence-corrected chi connectivity index (χ1v) is 2.61. The molecule has 0 aliphatic heterocycles. The van der Waals surface area contributed by atoms with Gasteiger partial charge in [-0.1, -0.05) is 18.2 Å². The largest absolute Gasteiger partial charge is 0.366 e. The third kappa shape index (κ3) is 1.29. The van der Waals surface area contributed by atoms with Gasteiger partial charge in [-0.15, -0.1) is 0 Å². The summed E-state index contributed by atoms with van der Waals surface area (Å²) in [5.41, 5.74) is 2.30. The summed E-state index contributed by atoms with van der Waals surface area (Å²) in [6.07, 6.45) is 0. The molecule has 1 amide bonds. The molecule has 0 saturated carbocycles. The van der Waals surface area contributed by atoms with Crippen molar-refractivity contribution in [3.63, 3.8) is 0 Å². The highest BCUT2D eigenvalue weighted by Gasteiger charge is 1.93. The predicted molar refractivity (Wildman–Crippen MR) is 35.0 cm³/mol. The zero-order chi connectivity index (χ0) is 7.40. The van der Waals surface area contributed by atoms with E-state index in [-0.39, 0.29) is 5.91 Å². The van der Waals surface area contributed by atoms with Crippen LogP contribution in [-0.4, -0.2) is 5.91 Å². The Morgan fingerprint density at radius 3 is 2.67 bits per heavy atom. The minimum atomic E-state index is -0.374. The molecule has 2 heteroatoms. The third-order valence-corrected chi connectivity index (χ3v) is 1.04. The first-order chi connectivity index (χ1) is 4.84. The van der Waals surface area contributed by atoms with Crippen molar-refractivity contribution in [2.24, 2.45) is 5.73 Å². The van der Waals surface area contributed by atoms with Crippen molar-refractivity contribution in [3.8, 4) is 0 Å². The van der Waals surface area contributed by atoms with Gasteiger partial charge in [0.25, 0.3) is 0 Å². The first kappa shape index (κ1) is 4.56. The van der Waals surface area contributed by atoms with Crippen LogP contribution in [0.2, 0.25) is 1.41 Å². The fourth-order valence-electron chi connectivity index (χ4n) is 0.590. The molecule has 1 aromatic rings. The lowest BCUT2D eigenvalue weighted by Crippen LogP contribution is -2.09. The number of primary amides is 1. The van der Waals surface area contributed by atoms with Crippen molar-refractivity contribution in [1.82, 2.24) is 0 Å². The Labute approximate surface area is 54.8 Å². The van der Waals surface area contributed by atoms with Crippen LogP contribution in [-0.2, 0) is 0 Å². The van der Waals surface area contributed by atoms with Crippen LogP contribution in [0.15, 0.2) is 30.3 Å². The molecule has 0 fully saturated rings. The Balaban J connectivity index is 2.85. The van der Waals surface area contributed by atoms with Gasteiger partial charge in [0.1, 0.15) is 0 Å². The number of carbonyl (C=O) groups excluding carboxylic acids is 1. The highest BCUT2D eigenvalue weighted by molar-refractivity contribution is 5.92. The fourth-order valence-corrected chi connectivity index (χ4v) is 0.590. The van der Waals surface area contributed by atoms with E-state index >= 15 is 0 Å². The zero-order valence-electron chi connectivity index (χ0n) is 5.79. The molecule has 0 aliphatic carbocycles. The summed E-state index contributed by atoms with van der Waals surface area (Å²) < 4.78 is 6.55. The smallest absolute Gasteiger partial charge is 0.248 e. The Kier molecular flexibility index (Phi) is 1.17. The van der Waals surface area contributed by atoms with E-state index in [1.54, 1.807) is 30.0 Å². The molecule has 0 spiro atoms. The molecule has 2 N–H and O–H groups in total. The van der Waals surface area contributed by atoms with Crippen LogP contribution in [0, 0.1) is 0 Å². The molecule has 46 valence electrons. The van der Waals surface area contributed by atoms with Crippen LogP contribution in [0.25, 0.3) is 0 Å². The molecule has 0 heterocycles. The lowest BCUT2D eigenvalue weighted by Gasteiger charge is -1.89. The molecule has 0 radical (unpaired) electrons. The van der Waals surface area contributed by atoms with Crippen LogP contribution < -0.4 is 5.73 Å². The van der Waals surface area contributed by atoms with E-state index in [9.17, 15) is 4.79 Å². The number of amides is 1. The summed E-state index contributed by atoms with van der Waals surface area (Å²) in [5.74, 6) is -0.374. The maximum Gasteiger partial charge on any atom is 0.248 e. The topological polar surface area (TPSA) is 43.1 Å². The minimum Gasteiger partial charge on any atom is -0.366 e.